The number of hydrogen-bond acceptors (Lipinski definition) is 3. The maximum atomic E-state index is 13.1. The van der Waals surface area contributed by atoms with Crippen LogP contribution in [-0.2, 0) is 6.54 Å². The number of hydrogen-bond donors (Lipinski definition) is 1. The van der Waals surface area contributed by atoms with E-state index in [2.05, 4.69) is 10.1 Å². The first-order valence-electron chi connectivity index (χ1n) is 8.21. The van der Waals surface area contributed by atoms with Crippen LogP contribution in [0, 0.1) is 12.7 Å². The molecule has 1 N–H and O–H groups in total. The zero-order valence-electron chi connectivity index (χ0n) is 14.9. The van der Waals surface area contributed by atoms with E-state index in [0.717, 1.165) is 11.3 Å². The van der Waals surface area contributed by atoms with Gasteiger partial charge in [-0.05, 0) is 55.8 Å². The lowest BCUT2D eigenvalue weighted by Gasteiger charge is -2.03. The second-order valence-electron chi connectivity index (χ2n) is 5.98. The van der Waals surface area contributed by atoms with Crippen LogP contribution >= 0.6 is 0 Å². The third-order valence-electron chi connectivity index (χ3n) is 4.15. The Kier molecular flexibility index (Phi) is 5.02. The zero-order chi connectivity index (χ0) is 18.7. The van der Waals surface area contributed by atoms with Crippen molar-refractivity contribution in [2.24, 2.45) is 4.99 Å². The number of nitrogens with zero attached hydrogens (tertiary/aromatic N) is 2. The number of ether oxygens (including phenoxy) is 1. The first-order chi connectivity index (χ1) is 12.5. The SMILES string of the molecule is COc1cccc(CN=C(C)c2c(C)[nH]n(-c3ccc(F)cc3)c2=O)c1. The summed E-state index contributed by atoms with van der Waals surface area (Å²) in [7, 11) is 1.62. The number of rotatable bonds is 5. The van der Waals surface area contributed by atoms with Crippen molar-refractivity contribution in [3.63, 3.8) is 0 Å². The van der Waals surface area contributed by atoms with Gasteiger partial charge in [-0.25, -0.2) is 9.07 Å². The molecule has 3 rings (SSSR count). The summed E-state index contributed by atoms with van der Waals surface area (Å²) in [5.74, 6) is 0.424. The predicted molar refractivity (Wildman–Crippen MR) is 100.0 cm³/mol. The van der Waals surface area contributed by atoms with Crippen molar-refractivity contribution in [1.82, 2.24) is 9.78 Å². The minimum absolute atomic E-state index is 0.207. The highest BCUT2D eigenvalue weighted by Crippen LogP contribution is 2.14. The zero-order valence-corrected chi connectivity index (χ0v) is 14.9. The summed E-state index contributed by atoms with van der Waals surface area (Å²) in [6, 6.07) is 13.4. The number of aryl methyl sites for hydroxylation is 1. The summed E-state index contributed by atoms with van der Waals surface area (Å²) in [5, 5.41) is 3.03. The summed E-state index contributed by atoms with van der Waals surface area (Å²) in [4.78, 5) is 17.3. The van der Waals surface area contributed by atoms with Crippen LogP contribution in [0.2, 0.25) is 0 Å². The molecule has 0 aliphatic rings. The topological polar surface area (TPSA) is 59.4 Å². The Morgan fingerprint density at radius 1 is 1.23 bits per heavy atom. The fraction of sp³-hybridized carbons (Fsp3) is 0.200. The van der Waals surface area contributed by atoms with Gasteiger partial charge in [0.1, 0.15) is 11.6 Å². The first-order valence-corrected chi connectivity index (χ1v) is 8.21. The molecule has 0 spiro atoms. The number of halogens is 1. The fourth-order valence-corrected chi connectivity index (χ4v) is 2.80. The average Bonchev–Trinajstić information content (AvgIpc) is 2.95. The Balaban J connectivity index is 1.91. The van der Waals surface area contributed by atoms with Crippen molar-refractivity contribution in [3.8, 4) is 11.4 Å². The van der Waals surface area contributed by atoms with Crippen LogP contribution in [-0.4, -0.2) is 22.6 Å². The van der Waals surface area contributed by atoms with Gasteiger partial charge in [-0.3, -0.25) is 14.9 Å². The van der Waals surface area contributed by atoms with E-state index in [4.69, 9.17) is 4.74 Å². The fourth-order valence-electron chi connectivity index (χ4n) is 2.80. The van der Waals surface area contributed by atoms with E-state index in [-0.39, 0.29) is 11.4 Å². The molecule has 3 aromatic rings. The van der Waals surface area contributed by atoms with Gasteiger partial charge in [0.05, 0.1) is 24.9 Å². The predicted octanol–water partition coefficient (Wildman–Crippen LogP) is 3.63. The number of benzene rings is 2. The Morgan fingerprint density at radius 2 is 1.96 bits per heavy atom. The lowest BCUT2D eigenvalue weighted by atomic mass is 10.1. The molecule has 0 atom stereocenters. The molecular formula is C20H20FN3O2. The Bertz CT molecular complexity index is 1000. The second-order valence-corrected chi connectivity index (χ2v) is 5.98. The minimum Gasteiger partial charge on any atom is -0.497 e. The number of methoxy groups -OCH3 is 1. The van der Waals surface area contributed by atoms with Gasteiger partial charge in [-0.15, -0.1) is 0 Å². The number of aromatic amines is 1. The lowest BCUT2D eigenvalue weighted by Crippen LogP contribution is -2.19. The summed E-state index contributed by atoms with van der Waals surface area (Å²) >= 11 is 0. The van der Waals surface area contributed by atoms with Crippen LogP contribution < -0.4 is 10.3 Å². The molecule has 1 aromatic heterocycles. The van der Waals surface area contributed by atoms with Gasteiger partial charge in [-0.2, -0.15) is 0 Å². The van der Waals surface area contributed by atoms with Gasteiger partial charge < -0.3 is 4.74 Å². The van der Waals surface area contributed by atoms with Crippen LogP contribution in [0.25, 0.3) is 5.69 Å². The Labute approximate surface area is 150 Å². The maximum Gasteiger partial charge on any atom is 0.280 e. The first kappa shape index (κ1) is 17.7. The van der Waals surface area contributed by atoms with E-state index < -0.39 is 0 Å². The van der Waals surface area contributed by atoms with E-state index in [0.29, 0.717) is 29.2 Å². The van der Waals surface area contributed by atoms with Crippen LogP contribution in [0.4, 0.5) is 4.39 Å². The third kappa shape index (κ3) is 3.59. The molecule has 0 amide bonds. The summed E-state index contributed by atoms with van der Waals surface area (Å²) in [6.45, 7) is 4.08. The van der Waals surface area contributed by atoms with E-state index >= 15 is 0 Å². The molecule has 5 nitrogen and oxygen atoms in total. The molecule has 0 radical (unpaired) electrons. The largest absolute Gasteiger partial charge is 0.497 e. The highest BCUT2D eigenvalue weighted by Gasteiger charge is 2.15. The number of aliphatic imine (C=N–C) groups is 1. The summed E-state index contributed by atoms with van der Waals surface area (Å²) < 4.78 is 19.7. The molecule has 0 saturated carbocycles. The molecule has 0 aliphatic heterocycles. The van der Waals surface area contributed by atoms with Crippen molar-refractivity contribution in [2.45, 2.75) is 20.4 Å². The van der Waals surface area contributed by atoms with Crippen molar-refractivity contribution in [1.29, 1.82) is 0 Å². The highest BCUT2D eigenvalue weighted by molar-refractivity contribution is 5.99. The lowest BCUT2D eigenvalue weighted by molar-refractivity contribution is 0.414. The molecule has 0 aliphatic carbocycles. The smallest absolute Gasteiger partial charge is 0.280 e. The molecular weight excluding hydrogens is 333 g/mol. The molecule has 0 saturated heterocycles. The summed E-state index contributed by atoms with van der Waals surface area (Å²) in [5.41, 5.74) is 3.25. The third-order valence-corrected chi connectivity index (χ3v) is 4.15. The minimum atomic E-state index is -0.346. The van der Waals surface area contributed by atoms with Crippen LogP contribution in [0.5, 0.6) is 5.75 Å². The van der Waals surface area contributed by atoms with Gasteiger partial charge in [0.25, 0.3) is 5.56 Å². The van der Waals surface area contributed by atoms with Crippen LogP contribution in [0.1, 0.15) is 23.7 Å². The van der Waals surface area contributed by atoms with E-state index in [9.17, 15) is 9.18 Å². The van der Waals surface area contributed by atoms with Gasteiger partial charge in [-0.1, -0.05) is 12.1 Å². The summed E-state index contributed by atoms with van der Waals surface area (Å²) in [6.07, 6.45) is 0. The molecule has 2 aromatic carbocycles. The quantitative estimate of drug-likeness (QED) is 0.712. The van der Waals surface area contributed by atoms with E-state index in [1.807, 2.05) is 38.1 Å². The van der Waals surface area contributed by atoms with E-state index in [1.165, 1.54) is 16.8 Å². The van der Waals surface area contributed by atoms with Gasteiger partial charge in [0.2, 0.25) is 0 Å². The standard InChI is InChI=1S/C20H20FN3O2/c1-13(22-12-15-5-4-6-18(11-15)26-3)19-14(2)23-24(20(19)25)17-9-7-16(21)8-10-17/h4-11,23H,12H2,1-3H3. The van der Waals surface area contributed by atoms with Crippen molar-refractivity contribution >= 4 is 5.71 Å². The molecule has 1 heterocycles. The van der Waals surface area contributed by atoms with E-state index in [1.54, 1.807) is 19.2 Å². The number of aromatic nitrogens is 2. The van der Waals surface area contributed by atoms with Gasteiger partial charge >= 0.3 is 0 Å². The highest BCUT2D eigenvalue weighted by atomic mass is 19.1. The van der Waals surface area contributed by atoms with Crippen LogP contribution in [0.15, 0.2) is 58.3 Å². The molecule has 0 fully saturated rings. The van der Waals surface area contributed by atoms with Crippen molar-refractivity contribution in [2.75, 3.05) is 7.11 Å². The second kappa shape index (κ2) is 7.39. The van der Waals surface area contributed by atoms with Gasteiger partial charge in [0.15, 0.2) is 0 Å². The van der Waals surface area contributed by atoms with Crippen LogP contribution in [0.3, 0.4) is 0 Å². The molecule has 6 heteroatoms. The molecule has 0 unspecified atom stereocenters. The van der Waals surface area contributed by atoms with Gasteiger partial charge in [0, 0.05) is 11.4 Å². The van der Waals surface area contributed by atoms with Crippen molar-refractivity contribution in [3.05, 3.63) is 81.5 Å². The number of nitrogens with one attached hydrogen (secondary N) is 1. The average molecular weight is 353 g/mol. The molecule has 134 valence electrons. The molecule has 26 heavy (non-hydrogen) atoms. The number of H-pyrrole nitrogens is 1. The molecule has 0 bridgehead atoms. The normalized spacial score (nSPS) is 11.6. The Hall–Kier alpha value is -3.15. The van der Waals surface area contributed by atoms with Crippen molar-refractivity contribution < 1.29 is 9.13 Å². The Morgan fingerprint density at radius 3 is 2.65 bits per heavy atom. The monoisotopic (exact) mass is 353 g/mol. The maximum absolute atomic E-state index is 13.1.